The second-order valence-corrected chi connectivity index (χ2v) is 6.46. The van der Waals surface area contributed by atoms with Gasteiger partial charge in [-0.1, -0.05) is 30.3 Å². The summed E-state index contributed by atoms with van der Waals surface area (Å²) in [6.07, 6.45) is 3.70. The Labute approximate surface area is 140 Å². The van der Waals surface area contributed by atoms with Gasteiger partial charge in [0, 0.05) is 39.9 Å². The van der Waals surface area contributed by atoms with Gasteiger partial charge in [-0.25, -0.2) is 0 Å². The van der Waals surface area contributed by atoms with Crippen LogP contribution in [0.3, 0.4) is 0 Å². The summed E-state index contributed by atoms with van der Waals surface area (Å²) in [5.41, 5.74) is 1.70. The fourth-order valence-electron chi connectivity index (χ4n) is 2.74. The van der Waals surface area contributed by atoms with Crippen molar-refractivity contribution in [2.24, 2.45) is 10.4 Å². The topological polar surface area (TPSA) is 36.9 Å². The first-order chi connectivity index (χ1) is 11.2. The number of aliphatic imine (C=N–C) groups is 1. The number of guanidine groups is 1. The molecule has 2 rings (SSSR count). The molecule has 0 saturated heterocycles. The summed E-state index contributed by atoms with van der Waals surface area (Å²) in [6.45, 7) is 8.52. The summed E-state index contributed by atoms with van der Waals surface area (Å²) in [5, 5.41) is 3.41. The molecule has 1 aromatic carbocycles. The molecule has 0 atom stereocenters. The summed E-state index contributed by atoms with van der Waals surface area (Å²) in [5.74, 6) is 0.999. The van der Waals surface area contributed by atoms with E-state index >= 15 is 0 Å². The average Bonchev–Trinajstić information content (AvgIpc) is 3.33. The Kier molecular flexibility index (Phi) is 6.90. The fourth-order valence-corrected chi connectivity index (χ4v) is 2.74. The maximum absolute atomic E-state index is 5.52. The van der Waals surface area contributed by atoms with Gasteiger partial charge in [0.1, 0.15) is 0 Å². The molecule has 0 amide bonds. The van der Waals surface area contributed by atoms with Crippen LogP contribution >= 0.6 is 0 Å². The third-order valence-electron chi connectivity index (χ3n) is 4.46. The van der Waals surface area contributed by atoms with E-state index in [0.717, 1.165) is 45.2 Å². The first-order valence-corrected chi connectivity index (χ1v) is 8.80. The van der Waals surface area contributed by atoms with Crippen LogP contribution in [-0.4, -0.2) is 44.2 Å². The third-order valence-corrected chi connectivity index (χ3v) is 4.46. The third kappa shape index (κ3) is 5.87. The molecule has 1 saturated carbocycles. The van der Waals surface area contributed by atoms with Crippen LogP contribution in [0.5, 0.6) is 0 Å². The maximum Gasteiger partial charge on any atom is 0.193 e. The second kappa shape index (κ2) is 8.92. The number of benzene rings is 1. The van der Waals surface area contributed by atoms with Crippen molar-refractivity contribution in [3.63, 3.8) is 0 Å². The van der Waals surface area contributed by atoms with Crippen LogP contribution in [0.1, 0.15) is 38.7 Å². The van der Waals surface area contributed by atoms with E-state index in [2.05, 4.69) is 61.4 Å². The molecule has 0 radical (unpaired) electrons. The molecular weight excluding hydrogens is 286 g/mol. The lowest BCUT2D eigenvalue weighted by atomic mass is 10.0. The highest BCUT2D eigenvalue weighted by Crippen LogP contribution is 2.49. The van der Waals surface area contributed by atoms with Crippen molar-refractivity contribution >= 4 is 5.96 Å². The Morgan fingerprint density at radius 1 is 1.26 bits per heavy atom. The first kappa shape index (κ1) is 17.8. The highest BCUT2D eigenvalue weighted by atomic mass is 16.5. The van der Waals surface area contributed by atoms with Gasteiger partial charge in [0.2, 0.25) is 0 Å². The molecule has 23 heavy (non-hydrogen) atoms. The summed E-state index contributed by atoms with van der Waals surface area (Å²) >= 11 is 0. The van der Waals surface area contributed by atoms with Crippen LogP contribution in [0.2, 0.25) is 0 Å². The molecule has 4 heteroatoms. The summed E-state index contributed by atoms with van der Waals surface area (Å²) in [7, 11) is 2.11. The van der Waals surface area contributed by atoms with Crippen molar-refractivity contribution in [2.75, 3.05) is 33.4 Å². The van der Waals surface area contributed by atoms with E-state index in [0.29, 0.717) is 5.41 Å². The summed E-state index contributed by atoms with van der Waals surface area (Å²) < 4.78 is 5.52. The standard InChI is InChI=1S/C19H31N3O/c1-4-20-18(22(3)15-17-9-7-6-8-10-17)21-16-19(11-12-19)13-14-23-5-2/h6-10H,4-5,11-16H2,1-3H3,(H,20,21). The van der Waals surface area contributed by atoms with Crippen molar-refractivity contribution in [3.8, 4) is 0 Å². The van der Waals surface area contributed by atoms with Crippen LogP contribution in [0.15, 0.2) is 35.3 Å². The molecule has 1 aromatic rings. The Hall–Kier alpha value is -1.55. The highest BCUT2D eigenvalue weighted by molar-refractivity contribution is 5.79. The maximum atomic E-state index is 5.52. The zero-order valence-corrected chi connectivity index (χ0v) is 14.8. The molecule has 0 unspecified atom stereocenters. The minimum absolute atomic E-state index is 0.392. The normalized spacial score (nSPS) is 16.2. The molecule has 0 aromatic heterocycles. The Morgan fingerprint density at radius 2 is 2.00 bits per heavy atom. The van der Waals surface area contributed by atoms with Gasteiger partial charge in [-0.3, -0.25) is 4.99 Å². The van der Waals surface area contributed by atoms with Gasteiger partial charge < -0.3 is 15.0 Å². The first-order valence-electron chi connectivity index (χ1n) is 8.80. The minimum atomic E-state index is 0.392. The Balaban J connectivity index is 1.91. The van der Waals surface area contributed by atoms with E-state index in [1.165, 1.54) is 18.4 Å². The molecule has 0 aliphatic heterocycles. The van der Waals surface area contributed by atoms with Crippen LogP contribution < -0.4 is 5.32 Å². The molecule has 1 N–H and O–H groups in total. The van der Waals surface area contributed by atoms with Crippen molar-refractivity contribution in [3.05, 3.63) is 35.9 Å². The van der Waals surface area contributed by atoms with Crippen LogP contribution in [0.4, 0.5) is 0 Å². The molecule has 0 spiro atoms. The highest BCUT2D eigenvalue weighted by Gasteiger charge is 2.42. The molecule has 0 heterocycles. The number of nitrogens with one attached hydrogen (secondary N) is 1. The van der Waals surface area contributed by atoms with Crippen LogP contribution in [0, 0.1) is 5.41 Å². The lowest BCUT2D eigenvalue weighted by molar-refractivity contribution is 0.129. The van der Waals surface area contributed by atoms with E-state index in [-0.39, 0.29) is 0 Å². The Bertz CT molecular complexity index is 483. The van der Waals surface area contributed by atoms with Crippen molar-refractivity contribution in [1.82, 2.24) is 10.2 Å². The van der Waals surface area contributed by atoms with Gasteiger partial charge in [0.25, 0.3) is 0 Å². The number of nitrogens with zero attached hydrogens (tertiary/aromatic N) is 2. The van der Waals surface area contributed by atoms with Gasteiger partial charge in [0.15, 0.2) is 5.96 Å². The SMILES string of the molecule is CCNC(=NCC1(CCOCC)CC1)N(C)Cc1ccccc1. The Morgan fingerprint density at radius 3 is 2.61 bits per heavy atom. The van der Waals surface area contributed by atoms with E-state index in [1.54, 1.807) is 0 Å². The molecular formula is C19H31N3O. The molecule has 0 bridgehead atoms. The van der Waals surface area contributed by atoms with Gasteiger partial charge in [-0.2, -0.15) is 0 Å². The van der Waals surface area contributed by atoms with E-state index < -0.39 is 0 Å². The number of hydrogen-bond acceptors (Lipinski definition) is 2. The van der Waals surface area contributed by atoms with E-state index in [1.807, 2.05) is 0 Å². The monoisotopic (exact) mass is 317 g/mol. The smallest absolute Gasteiger partial charge is 0.193 e. The summed E-state index contributed by atoms with van der Waals surface area (Å²) in [6, 6.07) is 10.5. The van der Waals surface area contributed by atoms with Crippen molar-refractivity contribution in [2.45, 2.75) is 39.7 Å². The molecule has 1 fully saturated rings. The van der Waals surface area contributed by atoms with E-state index in [9.17, 15) is 0 Å². The largest absolute Gasteiger partial charge is 0.382 e. The quantitative estimate of drug-likeness (QED) is 0.431. The van der Waals surface area contributed by atoms with Gasteiger partial charge in [-0.15, -0.1) is 0 Å². The number of ether oxygens (including phenoxy) is 1. The van der Waals surface area contributed by atoms with E-state index in [4.69, 9.17) is 9.73 Å². The predicted molar refractivity (Wildman–Crippen MR) is 96.7 cm³/mol. The number of hydrogen-bond donors (Lipinski definition) is 1. The number of rotatable bonds is 9. The lowest BCUT2D eigenvalue weighted by Gasteiger charge is -2.23. The lowest BCUT2D eigenvalue weighted by Crippen LogP contribution is -2.39. The fraction of sp³-hybridized carbons (Fsp3) is 0.632. The zero-order valence-electron chi connectivity index (χ0n) is 14.8. The average molecular weight is 317 g/mol. The molecule has 4 nitrogen and oxygen atoms in total. The van der Waals surface area contributed by atoms with Crippen molar-refractivity contribution in [1.29, 1.82) is 0 Å². The molecule has 1 aliphatic rings. The van der Waals surface area contributed by atoms with Crippen molar-refractivity contribution < 1.29 is 4.74 Å². The molecule has 128 valence electrons. The van der Waals surface area contributed by atoms with Gasteiger partial charge >= 0.3 is 0 Å². The van der Waals surface area contributed by atoms with Gasteiger partial charge in [0.05, 0.1) is 0 Å². The predicted octanol–water partition coefficient (Wildman–Crippen LogP) is 3.29. The van der Waals surface area contributed by atoms with Crippen LogP contribution in [0.25, 0.3) is 0 Å². The van der Waals surface area contributed by atoms with Crippen LogP contribution in [-0.2, 0) is 11.3 Å². The second-order valence-electron chi connectivity index (χ2n) is 6.46. The minimum Gasteiger partial charge on any atom is -0.382 e. The zero-order chi connectivity index (χ0) is 16.5. The molecule has 1 aliphatic carbocycles. The summed E-state index contributed by atoms with van der Waals surface area (Å²) in [4.78, 5) is 7.10. The van der Waals surface area contributed by atoms with Gasteiger partial charge in [-0.05, 0) is 44.1 Å².